The zero-order valence-electron chi connectivity index (χ0n) is 16.1. The van der Waals surface area contributed by atoms with Crippen molar-refractivity contribution in [3.05, 3.63) is 94.5 Å². The van der Waals surface area contributed by atoms with Crippen LogP contribution in [-0.2, 0) is 16.4 Å². The van der Waals surface area contributed by atoms with Gasteiger partial charge in [0.25, 0.3) is 15.9 Å². The molecular weight excluding hydrogens is 420 g/mol. The highest BCUT2D eigenvalue weighted by atomic mass is 35.5. The van der Waals surface area contributed by atoms with Gasteiger partial charge in [0, 0.05) is 5.69 Å². The summed E-state index contributed by atoms with van der Waals surface area (Å²) >= 11 is 6.26. The quantitative estimate of drug-likeness (QED) is 0.589. The first-order valence-electron chi connectivity index (χ1n) is 9.70. The lowest BCUT2D eigenvalue weighted by atomic mass is 9.87. The number of halogens is 1. The largest absolute Gasteiger partial charge is 0.345 e. The minimum Gasteiger partial charge on any atom is -0.345 e. The van der Waals surface area contributed by atoms with E-state index >= 15 is 0 Å². The summed E-state index contributed by atoms with van der Waals surface area (Å²) in [5.41, 5.74) is 2.86. The van der Waals surface area contributed by atoms with Crippen molar-refractivity contribution in [1.82, 2.24) is 5.32 Å². The third-order valence-electron chi connectivity index (χ3n) is 5.19. The second kappa shape index (κ2) is 8.50. The molecule has 0 bridgehead atoms. The molecule has 0 aromatic heterocycles. The summed E-state index contributed by atoms with van der Waals surface area (Å²) in [4.78, 5) is 13.1. The van der Waals surface area contributed by atoms with Gasteiger partial charge in [-0.3, -0.25) is 9.52 Å². The molecule has 0 heterocycles. The Labute approximate surface area is 181 Å². The molecule has 3 aromatic rings. The Morgan fingerprint density at radius 3 is 2.50 bits per heavy atom. The van der Waals surface area contributed by atoms with Crippen LogP contribution in [-0.4, -0.2) is 14.3 Å². The van der Waals surface area contributed by atoms with Gasteiger partial charge in [-0.2, -0.15) is 0 Å². The Morgan fingerprint density at radius 1 is 0.967 bits per heavy atom. The minimum absolute atomic E-state index is 0.0943. The highest BCUT2D eigenvalue weighted by Crippen LogP contribution is 2.30. The van der Waals surface area contributed by atoms with Crippen LogP contribution in [0.5, 0.6) is 0 Å². The second-order valence-corrected chi connectivity index (χ2v) is 9.32. The molecule has 1 amide bonds. The van der Waals surface area contributed by atoms with Crippen LogP contribution in [0.3, 0.4) is 0 Å². The molecule has 1 aliphatic rings. The fraction of sp³-hybridized carbons (Fsp3) is 0.174. The molecule has 4 rings (SSSR count). The number of hydrogen-bond donors (Lipinski definition) is 2. The number of nitrogens with one attached hydrogen (secondary N) is 2. The van der Waals surface area contributed by atoms with Crippen molar-refractivity contribution in [2.75, 3.05) is 4.72 Å². The fourth-order valence-corrected chi connectivity index (χ4v) is 4.99. The van der Waals surface area contributed by atoms with E-state index in [0.717, 1.165) is 24.8 Å². The summed E-state index contributed by atoms with van der Waals surface area (Å²) in [6.45, 7) is 0. The number of fused-ring (bicyclic) bond motifs is 1. The van der Waals surface area contributed by atoms with Gasteiger partial charge in [-0.05, 0) is 60.7 Å². The lowest BCUT2D eigenvalue weighted by Gasteiger charge is -2.26. The highest BCUT2D eigenvalue weighted by Gasteiger charge is 2.23. The van der Waals surface area contributed by atoms with Crippen molar-refractivity contribution in [3.8, 4) is 0 Å². The smallest absolute Gasteiger partial charge is 0.261 e. The number of sulfonamides is 1. The van der Waals surface area contributed by atoms with Crippen molar-refractivity contribution in [2.24, 2.45) is 0 Å². The summed E-state index contributed by atoms with van der Waals surface area (Å²) in [7, 11) is -3.76. The number of amides is 1. The van der Waals surface area contributed by atoms with Crippen molar-refractivity contribution in [1.29, 1.82) is 0 Å². The molecule has 5 nitrogen and oxygen atoms in total. The van der Waals surface area contributed by atoms with Crippen molar-refractivity contribution in [2.45, 2.75) is 30.2 Å². The maximum Gasteiger partial charge on any atom is 0.261 e. The van der Waals surface area contributed by atoms with Crippen LogP contribution in [0.25, 0.3) is 0 Å². The lowest BCUT2D eigenvalue weighted by Crippen LogP contribution is -2.31. The van der Waals surface area contributed by atoms with Crippen molar-refractivity contribution >= 4 is 33.2 Å². The van der Waals surface area contributed by atoms with Crippen LogP contribution >= 0.6 is 11.6 Å². The number of benzene rings is 3. The maximum absolute atomic E-state index is 13.0. The molecule has 7 heteroatoms. The van der Waals surface area contributed by atoms with E-state index in [0.29, 0.717) is 0 Å². The van der Waals surface area contributed by atoms with Crippen LogP contribution < -0.4 is 10.0 Å². The summed E-state index contributed by atoms with van der Waals surface area (Å²) in [6.07, 6.45) is 2.84. The molecule has 0 saturated heterocycles. The van der Waals surface area contributed by atoms with Gasteiger partial charge in [0.1, 0.15) is 0 Å². The van der Waals surface area contributed by atoms with E-state index in [1.807, 2.05) is 18.2 Å². The van der Waals surface area contributed by atoms with Gasteiger partial charge in [-0.1, -0.05) is 54.1 Å². The molecule has 0 radical (unpaired) electrons. The Hall–Kier alpha value is -2.83. The first-order chi connectivity index (χ1) is 14.4. The van der Waals surface area contributed by atoms with E-state index in [-0.39, 0.29) is 33.1 Å². The Balaban J connectivity index is 1.56. The summed E-state index contributed by atoms with van der Waals surface area (Å²) in [5.74, 6) is -0.331. The molecule has 30 heavy (non-hydrogen) atoms. The predicted molar refractivity (Wildman–Crippen MR) is 118 cm³/mol. The first kappa shape index (κ1) is 20.4. The molecule has 0 aliphatic heterocycles. The normalized spacial score (nSPS) is 15.8. The first-order valence-corrected chi connectivity index (χ1v) is 11.6. The topological polar surface area (TPSA) is 75.3 Å². The molecule has 3 aromatic carbocycles. The zero-order valence-corrected chi connectivity index (χ0v) is 17.7. The third-order valence-corrected chi connectivity index (χ3v) is 6.92. The Morgan fingerprint density at radius 2 is 1.70 bits per heavy atom. The highest BCUT2D eigenvalue weighted by molar-refractivity contribution is 7.92. The van der Waals surface area contributed by atoms with E-state index < -0.39 is 10.0 Å². The third kappa shape index (κ3) is 4.35. The molecule has 0 unspecified atom stereocenters. The lowest BCUT2D eigenvalue weighted by molar-refractivity contribution is 0.0933. The summed E-state index contributed by atoms with van der Waals surface area (Å²) in [5, 5.41) is 3.32. The van der Waals surface area contributed by atoms with Gasteiger partial charge in [0.2, 0.25) is 0 Å². The van der Waals surface area contributed by atoms with E-state index in [2.05, 4.69) is 16.1 Å². The number of hydrogen-bond acceptors (Lipinski definition) is 3. The van der Waals surface area contributed by atoms with E-state index in [4.69, 9.17) is 11.6 Å². The van der Waals surface area contributed by atoms with Crippen LogP contribution in [0.1, 0.15) is 40.4 Å². The van der Waals surface area contributed by atoms with Crippen LogP contribution in [0, 0.1) is 0 Å². The molecule has 2 N–H and O–H groups in total. The van der Waals surface area contributed by atoms with E-state index in [1.54, 1.807) is 18.2 Å². The number of rotatable bonds is 5. The van der Waals surface area contributed by atoms with Gasteiger partial charge in [0.05, 0.1) is 21.5 Å². The molecule has 1 atom stereocenters. The van der Waals surface area contributed by atoms with E-state index in [1.165, 1.54) is 35.9 Å². The Kier molecular flexibility index (Phi) is 5.79. The fourth-order valence-electron chi connectivity index (χ4n) is 3.72. The monoisotopic (exact) mass is 440 g/mol. The molecule has 154 valence electrons. The van der Waals surface area contributed by atoms with E-state index in [9.17, 15) is 13.2 Å². The minimum atomic E-state index is -3.76. The van der Waals surface area contributed by atoms with Crippen LogP contribution in [0.4, 0.5) is 5.69 Å². The molecule has 0 spiro atoms. The molecule has 0 saturated carbocycles. The van der Waals surface area contributed by atoms with Gasteiger partial charge < -0.3 is 5.32 Å². The van der Waals surface area contributed by atoms with Crippen LogP contribution in [0.15, 0.2) is 77.7 Å². The number of anilines is 1. The Bertz CT molecular complexity index is 1180. The van der Waals surface area contributed by atoms with Crippen LogP contribution in [0.2, 0.25) is 5.02 Å². The molecular formula is C23H21ClN2O3S. The average molecular weight is 441 g/mol. The zero-order chi connectivity index (χ0) is 21.1. The molecule has 1 aliphatic carbocycles. The van der Waals surface area contributed by atoms with Gasteiger partial charge in [-0.15, -0.1) is 0 Å². The SMILES string of the molecule is O=C(N[C@@H]1CCCc2ccccc21)c1cc(NS(=O)(=O)c2ccccc2)ccc1Cl. The van der Waals surface area contributed by atoms with Gasteiger partial charge >= 0.3 is 0 Å². The summed E-state index contributed by atoms with van der Waals surface area (Å²) < 4.78 is 27.7. The van der Waals surface area contributed by atoms with Gasteiger partial charge in [-0.25, -0.2) is 8.42 Å². The average Bonchev–Trinajstić information content (AvgIpc) is 2.76. The predicted octanol–water partition coefficient (Wildman–Crippen LogP) is 4.95. The molecule has 0 fully saturated rings. The second-order valence-electron chi connectivity index (χ2n) is 7.23. The maximum atomic E-state index is 13.0. The standard InChI is InChI=1S/C23H21ClN2O3S/c24-21-14-13-17(26-30(28,29)18-9-2-1-3-10-18)15-20(21)23(27)25-22-12-6-8-16-7-4-5-11-19(16)22/h1-5,7,9-11,13-15,22,26H,6,8,12H2,(H,25,27)/t22-/m1/s1. The number of aryl methyl sites for hydroxylation is 1. The van der Waals surface area contributed by atoms with Crippen molar-refractivity contribution < 1.29 is 13.2 Å². The summed E-state index contributed by atoms with van der Waals surface area (Å²) in [6, 6.07) is 20.6. The number of carbonyl (C=O) groups is 1. The van der Waals surface area contributed by atoms with Crippen molar-refractivity contribution in [3.63, 3.8) is 0 Å². The van der Waals surface area contributed by atoms with Gasteiger partial charge in [0.15, 0.2) is 0 Å². The number of carbonyl (C=O) groups excluding carboxylic acids is 1.